The van der Waals surface area contributed by atoms with Gasteiger partial charge in [-0.2, -0.15) is 0 Å². The predicted octanol–water partition coefficient (Wildman–Crippen LogP) is 3.70. The van der Waals surface area contributed by atoms with Crippen LogP contribution in [0.3, 0.4) is 0 Å². The number of rotatable bonds is 4. The summed E-state index contributed by atoms with van der Waals surface area (Å²) in [5, 5.41) is 0. The van der Waals surface area contributed by atoms with Crippen molar-refractivity contribution >= 4 is 5.78 Å². The van der Waals surface area contributed by atoms with Gasteiger partial charge in [-0.3, -0.25) is 4.79 Å². The fraction of sp³-hybridized carbons (Fsp3) is 0.188. The van der Waals surface area contributed by atoms with Crippen LogP contribution in [0.25, 0.3) is 0 Å². The number of Topliss-reactive ketones (excluding diaryl/α,β-unsaturated/α-hetero) is 1. The zero-order valence-electron chi connectivity index (χ0n) is 10.9. The summed E-state index contributed by atoms with van der Waals surface area (Å²) >= 11 is 0. The van der Waals surface area contributed by atoms with Crippen LogP contribution in [-0.4, -0.2) is 12.4 Å². The minimum absolute atomic E-state index is 0.0895. The first-order chi connectivity index (χ1) is 9.06. The van der Waals surface area contributed by atoms with Crippen molar-refractivity contribution in [1.82, 2.24) is 0 Å². The lowest BCUT2D eigenvalue weighted by molar-refractivity contribution is 0.0920. The summed E-state index contributed by atoms with van der Waals surface area (Å²) in [6.07, 6.45) is 0. The summed E-state index contributed by atoms with van der Waals surface area (Å²) in [5.74, 6) is 0.0303. The molecular weight excluding hydrogens is 243 g/mol. The van der Waals surface area contributed by atoms with Crippen molar-refractivity contribution in [3.05, 3.63) is 65.0 Å². The summed E-state index contributed by atoms with van der Waals surface area (Å²) in [5.41, 5.74) is 2.36. The molecule has 0 spiro atoms. The molecule has 0 saturated carbocycles. The normalized spacial score (nSPS) is 10.3. The van der Waals surface area contributed by atoms with Crippen LogP contribution in [-0.2, 0) is 0 Å². The topological polar surface area (TPSA) is 26.3 Å². The van der Waals surface area contributed by atoms with E-state index in [1.165, 1.54) is 18.2 Å². The minimum atomic E-state index is -0.419. The Hall–Kier alpha value is -2.16. The van der Waals surface area contributed by atoms with E-state index in [0.29, 0.717) is 11.3 Å². The molecule has 0 aromatic heterocycles. The number of aryl methyl sites for hydroxylation is 2. The smallest absolute Gasteiger partial charge is 0.200 e. The quantitative estimate of drug-likeness (QED) is 0.781. The summed E-state index contributed by atoms with van der Waals surface area (Å²) in [7, 11) is 0. The third-order valence-corrected chi connectivity index (χ3v) is 2.85. The second-order valence-corrected chi connectivity index (χ2v) is 4.49. The molecule has 0 radical (unpaired) electrons. The number of carbonyl (C=O) groups is 1. The van der Waals surface area contributed by atoms with E-state index >= 15 is 0 Å². The highest BCUT2D eigenvalue weighted by Crippen LogP contribution is 2.19. The first kappa shape index (κ1) is 13.3. The average molecular weight is 258 g/mol. The summed E-state index contributed by atoms with van der Waals surface area (Å²) in [4.78, 5) is 11.9. The van der Waals surface area contributed by atoms with E-state index in [0.717, 1.165) is 11.1 Å². The standard InChI is InChI=1S/C16H15FO2/c1-11-6-7-12(2)16(8-11)19-10-15(18)13-4-3-5-14(17)9-13/h3-9H,10H2,1-2H3. The number of ketones is 1. The van der Waals surface area contributed by atoms with Crippen LogP contribution in [0.1, 0.15) is 21.5 Å². The number of carbonyl (C=O) groups excluding carboxylic acids is 1. The number of hydrogen-bond donors (Lipinski definition) is 0. The molecule has 0 fully saturated rings. The molecule has 98 valence electrons. The number of halogens is 1. The predicted molar refractivity (Wildman–Crippen MR) is 72.1 cm³/mol. The van der Waals surface area contributed by atoms with Gasteiger partial charge in [0.2, 0.25) is 0 Å². The molecule has 2 aromatic rings. The highest BCUT2D eigenvalue weighted by molar-refractivity contribution is 5.97. The van der Waals surface area contributed by atoms with Crippen LogP contribution < -0.4 is 4.74 Å². The Kier molecular flexibility index (Phi) is 3.95. The van der Waals surface area contributed by atoms with Crippen LogP contribution in [0.4, 0.5) is 4.39 Å². The summed E-state index contributed by atoms with van der Waals surface area (Å²) in [6, 6.07) is 11.4. The molecule has 2 aromatic carbocycles. The Morgan fingerprint density at radius 2 is 1.95 bits per heavy atom. The molecular formula is C16H15FO2. The minimum Gasteiger partial charge on any atom is -0.485 e. The van der Waals surface area contributed by atoms with Crippen LogP contribution in [0.15, 0.2) is 42.5 Å². The van der Waals surface area contributed by atoms with Gasteiger partial charge in [-0.15, -0.1) is 0 Å². The number of ether oxygens (including phenoxy) is 1. The monoisotopic (exact) mass is 258 g/mol. The lowest BCUT2D eigenvalue weighted by atomic mass is 10.1. The Morgan fingerprint density at radius 3 is 2.68 bits per heavy atom. The maximum Gasteiger partial charge on any atom is 0.200 e. The summed E-state index contributed by atoms with van der Waals surface area (Å²) in [6.45, 7) is 3.79. The van der Waals surface area contributed by atoms with Gasteiger partial charge in [0.1, 0.15) is 11.6 Å². The largest absolute Gasteiger partial charge is 0.485 e. The molecule has 19 heavy (non-hydrogen) atoms. The molecule has 0 aliphatic rings. The molecule has 0 aliphatic heterocycles. The van der Waals surface area contributed by atoms with Gasteiger partial charge in [0.05, 0.1) is 0 Å². The highest BCUT2D eigenvalue weighted by atomic mass is 19.1. The first-order valence-corrected chi connectivity index (χ1v) is 6.05. The number of hydrogen-bond acceptors (Lipinski definition) is 2. The van der Waals surface area contributed by atoms with E-state index in [1.54, 1.807) is 6.07 Å². The molecule has 2 rings (SSSR count). The number of benzene rings is 2. The summed E-state index contributed by atoms with van der Waals surface area (Å²) < 4.78 is 18.5. The Labute approximate surface area is 111 Å². The molecule has 3 heteroatoms. The average Bonchev–Trinajstić information content (AvgIpc) is 2.39. The molecule has 2 nitrogen and oxygen atoms in total. The van der Waals surface area contributed by atoms with Gasteiger partial charge in [-0.1, -0.05) is 24.3 Å². The third kappa shape index (κ3) is 3.41. The fourth-order valence-electron chi connectivity index (χ4n) is 1.75. The zero-order chi connectivity index (χ0) is 13.8. The van der Waals surface area contributed by atoms with E-state index in [2.05, 4.69) is 0 Å². The van der Waals surface area contributed by atoms with Gasteiger partial charge in [-0.25, -0.2) is 4.39 Å². The van der Waals surface area contributed by atoms with E-state index in [-0.39, 0.29) is 12.4 Å². The molecule has 0 bridgehead atoms. The van der Waals surface area contributed by atoms with E-state index < -0.39 is 5.82 Å². The van der Waals surface area contributed by atoms with Gasteiger partial charge < -0.3 is 4.74 Å². The van der Waals surface area contributed by atoms with Crippen LogP contribution in [0.2, 0.25) is 0 Å². The van der Waals surface area contributed by atoms with Crippen molar-refractivity contribution in [2.24, 2.45) is 0 Å². The highest BCUT2D eigenvalue weighted by Gasteiger charge is 2.08. The Bertz CT molecular complexity index is 605. The van der Waals surface area contributed by atoms with Crippen molar-refractivity contribution in [2.45, 2.75) is 13.8 Å². The van der Waals surface area contributed by atoms with Crippen molar-refractivity contribution in [1.29, 1.82) is 0 Å². The van der Waals surface area contributed by atoms with Crippen molar-refractivity contribution in [3.8, 4) is 5.75 Å². The SMILES string of the molecule is Cc1ccc(C)c(OCC(=O)c2cccc(F)c2)c1. The molecule has 0 N–H and O–H groups in total. The molecule has 0 aliphatic carbocycles. The molecule has 0 saturated heterocycles. The van der Waals surface area contributed by atoms with Crippen LogP contribution in [0, 0.1) is 19.7 Å². The maximum atomic E-state index is 13.0. The first-order valence-electron chi connectivity index (χ1n) is 6.05. The molecule has 0 unspecified atom stereocenters. The molecule has 0 atom stereocenters. The van der Waals surface area contributed by atoms with Gasteiger partial charge in [0.25, 0.3) is 0 Å². The lowest BCUT2D eigenvalue weighted by Gasteiger charge is -2.09. The lowest BCUT2D eigenvalue weighted by Crippen LogP contribution is -2.12. The van der Waals surface area contributed by atoms with Gasteiger partial charge >= 0.3 is 0 Å². The van der Waals surface area contributed by atoms with Gasteiger partial charge in [0.15, 0.2) is 12.4 Å². The van der Waals surface area contributed by atoms with Crippen molar-refractivity contribution in [2.75, 3.05) is 6.61 Å². The second kappa shape index (κ2) is 5.65. The zero-order valence-corrected chi connectivity index (χ0v) is 10.9. The van der Waals surface area contributed by atoms with E-state index in [1.807, 2.05) is 32.0 Å². The van der Waals surface area contributed by atoms with E-state index in [4.69, 9.17) is 4.74 Å². The van der Waals surface area contributed by atoms with Gasteiger partial charge in [0, 0.05) is 5.56 Å². The second-order valence-electron chi connectivity index (χ2n) is 4.49. The molecule has 0 amide bonds. The van der Waals surface area contributed by atoms with Crippen molar-refractivity contribution in [3.63, 3.8) is 0 Å². The fourth-order valence-corrected chi connectivity index (χ4v) is 1.75. The molecule has 0 heterocycles. The third-order valence-electron chi connectivity index (χ3n) is 2.85. The maximum absolute atomic E-state index is 13.0. The van der Waals surface area contributed by atoms with Crippen molar-refractivity contribution < 1.29 is 13.9 Å². The van der Waals surface area contributed by atoms with Crippen LogP contribution >= 0.6 is 0 Å². The van der Waals surface area contributed by atoms with Gasteiger partial charge in [-0.05, 0) is 43.2 Å². The Morgan fingerprint density at radius 1 is 1.16 bits per heavy atom. The van der Waals surface area contributed by atoms with E-state index in [9.17, 15) is 9.18 Å². The Balaban J connectivity index is 2.06. The van der Waals surface area contributed by atoms with Crippen LogP contribution in [0.5, 0.6) is 5.75 Å².